The molecular formula is C13H15N3O2S. The zero-order valence-corrected chi connectivity index (χ0v) is 11.4. The Labute approximate surface area is 115 Å². The highest BCUT2D eigenvalue weighted by Crippen LogP contribution is 2.28. The van der Waals surface area contributed by atoms with E-state index in [1.165, 1.54) is 0 Å². The fraction of sp³-hybridized carbons (Fsp3) is 0.385. The predicted octanol–water partition coefficient (Wildman–Crippen LogP) is 1.58. The molecule has 0 bridgehead atoms. The topological polar surface area (TPSA) is 58.4 Å². The Balaban J connectivity index is 1.85. The summed E-state index contributed by atoms with van der Waals surface area (Å²) in [6, 6.07) is 1.61. The van der Waals surface area contributed by atoms with E-state index in [0.717, 1.165) is 22.6 Å². The minimum Gasteiger partial charge on any atom is -0.472 e. The largest absolute Gasteiger partial charge is 0.472 e. The molecule has 0 saturated heterocycles. The van der Waals surface area contributed by atoms with E-state index < -0.39 is 0 Å². The van der Waals surface area contributed by atoms with E-state index in [1.54, 1.807) is 23.9 Å². The highest BCUT2D eigenvalue weighted by molar-refractivity contribution is 7.10. The van der Waals surface area contributed by atoms with Gasteiger partial charge in [-0.2, -0.15) is 0 Å². The molecule has 1 N–H and O–H groups in total. The number of carbonyl (C=O) groups is 1. The second kappa shape index (κ2) is 5.14. The summed E-state index contributed by atoms with van der Waals surface area (Å²) in [5.41, 5.74) is 3.86. The van der Waals surface area contributed by atoms with Gasteiger partial charge in [-0.05, 0) is 13.1 Å². The molecule has 2 aromatic heterocycles. The van der Waals surface area contributed by atoms with Crippen LogP contribution < -0.4 is 5.32 Å². The number of amides is 1. The Morgan fingerprint density at radius 1 is 1.63 bits per heavy atom. The zero-order valence-electron chi connectivity index (χ0n) is 10.6. The van der Waals surface area contributed by atoms with Crippen LogP contribution in [0.5, 0.6) is 0 Å². The zero-order chi connectivity index (χ0) is 13.2. The van der Waals surface area contributed by atoms with Gasteiger partial charge in [-0.3, -0.25) is 4.79 Å². The van der Waals surface area contributed by atoms with Crippen LogP contribution in [-0.4, -0.2) is 29.4 Å². The maximum absolute atomic E-state index is 12.6. The van der Waals surface area contributed by atoms with E-state index in [9.17, 15) is 4.79 Å². The number of nitrogens with zero attached hydrogens (tertiary/aromatic N) is 2. The highest BCUT2D eigenvalue weighted by Gasteiger charge is 2.31. The molecule has 0 aliphatic carbocycles. The predicted molar refractivity (Wildman–Crippen MR) is 71.7 cm³/mol. The quantitative estimate of drug-likeness (QED) is 0.925. The fourth-order valence-electron chi connectivity index (χ4n) is 2.36. The summed E-state index contributed by atoms with van der Waals surface area (Å²) in [4.78, 5) is 19.8. The van der Waals surface area contributed by atoms with Crippen LogP contribution >= 0.6 is 11.3 Å². The van der Waals surface area contributed by atoms with Crippen molar-refractivity contribution in [1.82, 2.24) is 15.2 Å². The maximum atomic E-state index is 12.6. The normalized spacial score (nSPS) is 19.3. The molecule has 6 heteroatoms. The van der Waals surface area contributed by atoms with Gasteiger partial charge < -0.3 is 14.6 Å². The van der Waals surface area contributed by atoms with E-state index in [4.69, 9.17) is 4.42 Å². The number of hydrogen-bond donors (Lipinski definition) is 1. The Morgan fingerprint density at radius 3 is 3.26 bits per heavy atom. The van der Waals surface area contributed by atoms with Crippen LogP contribution in [-0.2, 0) is 17.8 Å². The van der Waals surface area contributed by atoms with Gasteiger partial charge >= 0.3 is 0 Å². The molecule has 0 radical (unpaired) electrons. The summed E-state index contributed by atoms with van der Waals surface area (Å²) in [7, 11) is 1.81. The van der Waals surface area contributed by atoms with E-state index in [1.807, 2.05) is 23.5 Å². The minimum atomic E-state index is -0.281. The Bertz CT molecular complexity index is 564. The molecule has 2 aromatic rings. The number of rotatable bonds is 3. The number of likely N-dealkylation sites (N-methyl/N-ethyl adjacent to an activating group) is 1. The average Bonchev–Trinajstić information content (AvgIpc) is 3.04. The lowest BCUT2D eigenvalue weighted by molar-refractivity contribution is -0.133. The van der Waals surface area contributed by atoms with Crippen LogP contribution in [0.2, 0.25) is 0 Å². The lowest BCUT2D eigenvalue weighted by Crippen LogP contribution is -2.38. The van der Waals surface area contributed by atoms with E-state index in [0.29, 0.717) is 13.1 Å². The lowest BCUT2D eigenvalue weighted by atomic mass is 10.2. The molecule has 100 valence electrons. The highest BCUT2D eigenvalue weighted by atomic mass is 32.1. The van der Waals surface area contributed by atoms with Crippen LogP contribution in [0.1, 0.15) is 22.2 Å². The summed E-state index contributed by atoms with van der Waals surface area (Å²) >= 11 is 1.55. The molecule has 3 rings (SSSR count). The first-order valence-corrected chi connectivity index (χ1v) is 7.07. The van der Waals surface area contributed by atoms with Crippen molar-refractivity contribution in [2.45, 2.75) is 19.0 Å². The van der Waals surface area contributed by atoms with Crippen molar-refractivity contribution < 1.29 is 9.21 Å². The molecule has 5 nitrogen and oxygen atoms in total. The van der Waals surface area contributed by atoms with Gasteiger partial charge in [0.1, 0.15) is 6.04 Å². The van der Waals surface area contributed by atoms with Crippen molar-refractivity contribution in [3.63, 3.8) is 0 Å². The SMILES string of the molecule is CNC1C(=O)N(Cc2ccoc2)CCc2ncsc21. The molecule has 1 unspecified atom stereocenters. The van der Waals surface area contributed by atoms with Crippen molar-refractivity contribution in [3.8, 4) is 0 Å². The number of aromatic nitrogens is 1. The summed E-state index contributed by atoms with van der Waals surface area (Å²) < 4.78 is 5.06. The fourth-order valence-corrected chi connectivity index (χ4v) is 3.30. The first-order chi connectivity index (χ1) is 9.29. The molecule has 0 aromatic carbocycles. The minimum absolute atomic E-state index is 0.103. The third-order valence-electron chi connectivity index (χ3n) is 3.35. The number of nitrogens with one attached hydrogen (secondary N) is 1. The molecule has 19 heavy (non-hydrogen) atoms. The first kappa shape index (κ1) is 12.4. The summed E-state index contributed by atoms with van der Waals surface area (Å²) in [5.74, 6) is 0.103. The molecule has 1 aliphatic rings. The summed E-state index contributed by atoms with van der Waals surface area (Å²) in [5, 5.41) is 3.10. The van der Waals surface area contributed by atoms with E-state index in [-0.39, 0.29) is 11.9 Å². The average molecular weight is 277 g/mol. The van der Waals surface area contributed by atoms with Crippen molar-refractivity contribution in [1.29, 1.82) is 0 Å². The molecule has 1 amide bonds. The van der Waals surface area contributed by atoms with Crippen LogP contribution in [0.4, 0.5) is 0 Å². The maximum Gasteiger partial charge on any atom is 0.245 e. The molecule has 1 aliphatic heterocycles. The number of carbonyl (C=O) groups excluding carboxylic acids is 1. The molecule has 1 atom stereocenters. The van der Waals surface area contributed by atoms with Crippen LogP contribution in [0.15, 0.2) is 28.5 Å². The van der Waals surface area contributed by atoms with E-state index in [2.05, 4.69) is 10.3 Å². The summed E-state index contributed by atoms with van der Waals surface area (Å²) in [6.45, 7) is 1.28. The monoisotopic (exact) mass is 277 g/mol. The van der Waals surface area contributed by atoms with Crippen molar-refractivity contribution in [2.75, 3.05) is 13.6 Å². The van der Waals surface area contributed by atoms with Crippen molar-refractivity contribution in [2.24, 2.45) is 0 Å². The molecule has 0 fully saturated rings. The Kier molecular flexibility index (Phi) is 3.35. The lowest BCUT2D eigenvalue weighted by Gasteiger charge is -2.23. The van der Waals surface area contributed by atoms with Gasteiger partial charge in [0.15, 0.2) is 0 Å². The first-order valence-electron chi connectivity index (χ1n) is 6.19. The summed E-state index contributed by atoms with van der Waals surface area (Å²) in [6.07, 6.45) is 4.12. The van der Waals surface area contributed by atoms with Gasteiger partial charge in [0, 0.05) is 25.1 Å². The Morgan fingerprint density at radius 2 is 2.53 bits per heavy atom. The third kappa shape index (κ3) is 2.29. The molecule has 0 spiro atoms. The second-order valence-corrected chi connectivity index (χ2v) is 5.41. The number of hydrogen-bond acceptors (Lipinski definition) is 5. The third-order valence-corrected chi connectivity index (χ3v) is 4.29. The Hall–Kier alpha value is -1.66. The van der Waals surface area contributed by atoms with Crippen LogP contribution in [0.3, 0.4) is 0 Å². The van der Waals surface area contributed by atoms with Crippen LogP contribution in [0, 0.1) is 0 Å². The van der Waals surface area contributed by atoms with Gasteiger partial charge in [-0.25, -0.2) is 4.98 Å². The standard InChI is InChI=1S/C13H15N3O2S/c1-14-11-12-10(15-8-19-12)2-4-16(13(11)17)6-9-3-5-18-7-9/h3,5,7-8,11,14H,2,4,6H2,1H3. The van der Waals surface area contributed by atoms with Crippen molar-refractivity contribution >= 4 is 17.2 Å². The van der Waals surface area contributed by atoms with Crippen LogP contribution in [0.25, 0.3) is 0 Å². The van der Waals surface area contributed by atoms with Gasteiger partial charge in [-0.1, -0.05) is 0 Å². The second-order valence-electron chi connectivity index (χ2n) is 4.53. The van der Waals surface area contributed by atoms with Crippen molar-refractivity contribution in [3.05, 3.63) is 40.2 Å². The molecular weight excluding hydrogens is 262 g/mol. The van der Waals surface area contributed by atoms with Gasteiger partial charge in [0.05, 0.1) is 28.6 Å². The van der Waals surface area contributed by atoms with Gasteiger partial charge in [0.2, 0.25) is 5.91 Å². The smallest absolute Gasteiger partial charge is 0.245 e. The number of fused-ring (bicyclic) bond motifs is 1. The van der Waals surface area contributed by atoms with E-state index >= 15 is 0 Å². The van der Waals surface area contributed by atoms with Gasteiger partial charge in [-0.15, -0.1) is 11.3 Å². The molecule has 0 saturated carbocycles. The number of thiazole rings is 1. The van der Waals surface area contributed by atoms with Gasteiger partial charge in [0.25, 0.3) is 0 Å². The number of furan rings is 1. The molecule has 3 heterocycles.